The van der Waals surface area contributed by atoms with Crippen molar-refractivity contribution in [1.29, 1.82) is 0 Å². The number of halogens is 2. The normalized spacial score (nSPS) is 16.9. The van der Waals surface area contributed by atoms with Crippen LogP contribution < -0.4 is 0 Å². The molecule has 0 saturated carbocycles. The minimum atomic E-state index is -0.285. The van der Waals surface area contributed by atoms with E-state index < -0.39 is 0 Å². The number of hydrogen-bond donors (Lipinski definition) is 0. The zero-order valence-electron chi connectivity index (χ0n) is 14.7. The van der Waals surface area contributed by atoms with E-state index in [0.717, 1.165) is 12.0 Å². The molecular weight excluding hydrogens is 371 g/mol. The van der Waals surface area contributed by atoms with Crippen LogP contribution in [0.1, 0.15) is 34.2 Å². The van der Waals surface area contributed by atoms with Gasteiger partial charge in [-0.25, -0.2) is 9.07 Å². The fraction of sp³-hybridized carbons (Fsp3) is 0.333. The summed E-state index contributed by atoms with van der Waals surface area (Å²) in [5, 5.41) is 13.0. The molecular formula is C18H18ClFN6O. The van der Waals surface area contributed by atoms with E-state index in [1.807, 2.05) is 6.92 Å². The zero-order valence-corrected chi connectivity index (χ0v) is 15.5. The Labute approximate surface area is 160 Å². The maximum Gasteiger partial charge on any atom is 0.276 e. The van der Waals surface area contributed by atoms with Crippen molar-refractivity contribution in [2.24, 2.45) is 0 Å². The summed E-state index contributed by atoms with van der Waals surface area (Å²) >= 11 is 5.93. The highest BCUT2D eigenvalue weighted by Gasteiger charge is 2.31. The van der Waals surface area contributed by atoms with Gasteiger partial charge in [0.25, 0.3) is 5.91 Å². The van der Waals surface area contributed by atoms with Crippen LogP contribution in [0.15, 0.2) is 36.7 Å². The van der Waals surface area contributed by atoms with Crippen molar-refractivity contribution in [3.63, 3.8) is 0 Å². The molecule has 140 valence electrons. The highest BCUT2D eigenvalue weighted by molar-refractivity contribution is 6.30. The first-order valence-corrected chi connectivity index (χ1v) is 9.02. The summed E-state index contributed by atoms with van der Waals surface area (Å²) in [4.78, 5) is 14.6. The second kappa shape index (κ2) is 7.11. The quantitative estimate of drug-likeness (QED) is 0.689. The molecule has 4 rings (SSSR count). The van der Waals surface area contributed by atoms with Gasteiger partial charge in [0.05, 0.1) is 29.5 Å². The van der Waals surface area contributed by atoms with E-state index in [2.05, 4.69) is 15.4 Å². The number of rotatable bonds is 4. The Hall–Kier alpha value is -2.74. The van der Waals surface area contributed by atoms with Gasteiger partial charge in [-0.1, -0.05) is 28.9 Å². The Morgan fingerprint density at radius 2 is 2.11 bits per heavy atom. The van der Waals surface area contributed by atoms with Gasteiger partial charge in [-0.2, -0.15) is 5.10 Å². The Bertz CT molecular complexity index is 967. The van der Waals surface area contributed by atoms with Gasteiger partial charge in [-0.05, 0) is 31.0 Å². The Morgan fingerprint density at radius 1 is 1.33 bits per heavy atom. The van der Waals surface area contributed by atoms with Crippen LogP contribution in [0.2, 0.25) is 5.02 Å². The Morgan fingerprint density at radius 3 is 2.81 bits per heavy atom. The van der Waals surface area contributed by atoms with Gasteiger partial charge in [0, 0.05) is 19.3 Å². The zero-order chi connectivity index (χ0) is 19.0. The van der Waals surface area contributed by atoms with Crippen LogP contribution in [0, 0.1) is 12.7 Å². The third-order valence-electron chi connectivity index (χ3n) is 4.83. The van der Waals surface area contributed by atoms with E-state index in [1.54, 1.807) is 38.8 Å². The maximum absolute atomic E-state index is 13.0. The summed E-state index contributed by atoms with van der Waals surface area (Å²) in [5.74, 6) is -0.425. The number of hydrogen-bond acceptors (Lipinski definition) is 4. The summed E-state index contributed by atoms with van der Waals surface area (Å²) in [7, 11) is 0. The average Bonchev–Trinajstić information content (AvgIpc) is 3.37. The SMILES string of the molecule is Cc1c(C(=O)N2CC[C@H](n3cc(Cl)cn3)C2)nnn1Cc1ccc(F)cc1. The number of carbonyl (C=O) groups excluding carboxylic acids is 1. The van der Waals surface area contributed by atoms with Crippen LogP contribution in [0.4, 0.5) is 4.39 Å². The largest absolute Gasteiger partial charge is 0.335 e. The predicted molar refractivity (Wildman–Crippen MR) is 97.1 cm³/mol. The molecule has 0 N–H and O–H groups in total. The summed E-state index contributed by atoms with van der Waals surface area (Å²) < 4.78 is 16.5. The third kappa shape index (κ3) is 3.57. The molecule has 0 aliphatic carbocycles. The summed E-state index contributed by atoms with van der Waals surface area (Å²) in [6, 6.07) is 6.30. The fourth-order valence-electron chi connectivity index (χ4n) is 3.28. The van der Waals surface area contributed by atoms with E-state index in [0.29, 0.717) is 36.0 Å². The highest BCUT2D eigenvalue weighted by atomic mass is 35.5. The van der Waals surface area contributed by atoms with Crippen molar-refractivity contribution in [3.8, 4) is 0 Å². The molecule has 27 heavy (non-hydrogen) atoms. The molecule has 0 bridgehead atoms. The van der Waals surface area contributed by atoms with Gasteiger partial charge in [0.2, 0.25) is 0 Å². The molecule has 1 amide bonds. The molecule has 0 radical (unpaired) electrons. The van der Waals surface area contributed by atoms with E-state index in [1.165, 1.54) is 12.1 Å². The van der Waals surface area contributed by atoms with Crippen LogP contribution in [0.5, 0.6) is 0 Å². The highest BCUT2D eigenvalue weighted by Crippen LogP contribution is 2.24. The van der Waals surface area contributed by atoms with Crippen molar-refractivity contribution in [2.75, 3.05) is 13.1 Å². The van der Waals surface area contributed by atoms with Crippen LogP contribution in [-0.4, -0.2) is 48.7 Å². The number of benzene rings is 1. The molecule has 1 aliphatic rings. The molecule has 1 aliphatic heterocycles. The van der Waals surface area contributed by atoms with Crippen LogP contribution in [0.3, 0.4) is 0 Å². The number of aromatic nitrogens is 5. The lowest BCUT2D eigenvalue weighted by molar-refractivity contribution is 0.0780. The molecule has 1 atom stereocenters. The fourth-order valence-corrected chi connectivity index (χ4v) is 3.42. The lowest BCUT2D eigenvalue weighted by Gasteiger charge is -2.15. The molecule has 0 unspecified atom stereocenters. The van der Waals surface area contributed by atoms with E-state index in [9.17, 15) is 9.18 Å². The van der Waals surface area contributed by atoms with E-state index in [4.69, 9.17) is 11.6 Å². The number of carbonyl (C=O) groups is 1. The lowest BCUT2D eigenvalue weighted by atomic mass is 10.2. The first-order chi connectivity index (χ1) is 13.0. The smallest absolute Gasteiger partial charge is 0.276 e. The van der Waals surface area contributed by atoms with Gasteiger partial charge in [-0.3, -0.25) is 9.48 Å². The van der Waals surface area contributed by atoms with Crippen molar-refractivity contribution >= 4 is 17.5 Å². The third-order valence-corrected chi connectivity index (χ3v) is 5.02. The van der Waals surface area contributed by atoms with Gasteiger partial charge in [0.15, 0.2) is 5.69 Å². The molecule has 3 heterocycles. The van der Waals surface area contributed by atoms with Gasteiger partial charge in [-0.15, -0.1) is 5.10 Å². The van der Waals surface area contributed by atoms with Crippen molar-refractivity contribution < 1.29 is 9.18 Å². The van der Waals surface area contributed by atoms with Crippen LogP contribution in [-0.2, 0) is 6.54 Å². The number of nitrogens with zero attached hydrogens (tertiary/aromatic N) is 6. The summed E-state index contributed by atoms with van der Waals surface area (Å²) in [6.07, 6.45) is 4.17. The first kappa shape index (κ1) is 17.7. The van der Waals surface area contributed by atoms with E-state index >= 15 is 0 Å². The predicted octanol–water partition coefficient (Wildman–Crippen LogP) is 2.71. The van der Waals surface area contributed by atoms with Gasteiger partial charge in [0.1, 0.15) is 5.82 Å². The minimum Gasteiger partial charge on any atom is -0.335 e. The minimum absolute atomic E-state index is 0.107. The second-order valence-electron chi connectivity index (χ2n) is 6.64. The summed E-state index contributed by atoms with van der Waals surface area (Å²) in [6.45, 7) is 3.44. The first-order valence-electron chi connectivity index (χ1n) is 8.64. The van der Waals surface area contributed by atoms with Gasteiger partial charge >= 0.3 is 0 Å². The molecule has 3 aromatic rings. The number of likely N-dealkylation sites (tertiary alicyclic amines) is 1. The average molecular weight is 389 g/mol. The monoisotopic (exact) mass is 388 g/mol. The molecule has 7 nitrogen and oxygen atoms in total. The summed E-state index contributed by atoms with van der Waals surface area (Å²) in [5.41, 5.74) is 1.92. The van der Waals surface area contributed by atoms with Gasteiger partial charge < -0.3 is 4.90 Å². The number of amides is 1. The van der Waals surface area contributed by atoms with Crippen molar-refractivity contribution in [2.45, 2.75) is 25.9 Å². The Kier molecular flexibility index (Phi) is 4.65. The molecule has 2 aromatic heterocycles. The standard InChI is InChI=1S/C18H18ClFN6O/c1-12-17(22-23-25(12)9-13-2-4-15(20)5-3-13)18(27)24-7-6-16(11-24)26-10-14(19)8-21-26/h2-5,8,10,16H,6-7,9,11H2,1H3/t16-/m0/s1. The molecule has 1 fully saturated rings. The topological polar surface area (TPSA) is 68.8 Å². The molecule has 0 spiro atoms. The van der Waals surface area contributed by atoms with Crippen LogP contribution in [0.25, 0.3) is 0 Å². The lowest BCUT2D eigenvalue weighted by Crippen LogP contribution is -2.30. The molecule has 9 heteroatoms. The Balaban J connectivity index is 1.46. The molecule has 1 aromatic carbocycles. The maximum atomic E-state index is 13.0. The van der Waals surface area contributed by atoms with Crippen molar-refractivity contribution in [3.05, 3.63) is 64.5 Å². The van der Waals surface area contributed by atoms with E-state index in [-0.39, 0.29) is 17.8 Å². The second-order valence-corrected chi connectivity index (χ2v) is 7.08. The van der Waals surface area contributed by atoms with Crippen LogP contribution >= 0.6 is 11.6 Å². The molecule has 1 saturated heterocycles. The van der Waals surface area contributed by atoms with Crippen molar-refractivity contribution in [1.82, 2.24) is 29.7 Å².